The molecule has 2 aromatic carbocycles. The fourth-order valence-electron chi connectivity index (χ4n) is 5.75. The van der Waals surface area contributed by atoms with Gasteiger partial charge in [-0.1, -0.05) is 43.3 Å². The smallest absolute Gasteiger partial charge is 0.229 e. The Kier molecular flexibility index (Phi) is 8.55. The van der Waals surface area contributed by atoms with E-state index in [2.05, 4.69) is 41.4 Å². The Bertz CT molecular complexity index is 1160. The molecule has 2 unspecified atom stereocenters. The maximum atomic E-state index is 13.3. The van der Waals surface area contributed by atoms with Crippen molar-refractivity contribution in [2.45, 2.75) is 71.1 Å². The predicted molar refractivity (Wildman–Crippen MR) is 144 cm³/mol. The van der Waals surface area contributed by atoms with Crippen molar-refractivity contribution in [3.63, 3.8) is 0 Å². The average Bonchev–Trinajstić information content (AvgIpc) is 2.90. The molecule has 7 heteroatoms. The summed E-state index contributed by atoms with van der Waals surface area (Å²) in [7, 11) is 0. The predicted octanol–water partition coefficient (Wildman–Crippen LogP) is 4.45. The maximum absolute atomic E-state index is 13.3. The molecule has 2 heterocycles. The van der Waals surface area contributed by atoms with Crippen molar-refractivity contribution in [3.8, 4) is 5.75 Å². The average molecular weight is 519 g/mol. The minimum Gasteiger partial charge on any atom is -0.489 e. The van der Waals surface area contributed by atoms with Crippen LogP contribution in [-0.2, 0) is 33.9 Å². The fourth-order valence-corrected chi connectivity index (χ4v) is 5.75. The molecule has 2 fully saturated rings. The van der Waals surface area contributed by atoms with Crippen LogP contribution in [0.1, 0.15) is 72.5 Å². The second kappa shape index (κ2) is 12.2. The second-order valence-electron chi connectivity index (χ2n) is 10.9. The molecule has 0 spiro atoms. The Morgan fingerprint density at radius 3 is 2.42 bits per heavy atom. The number of ketones is 1. The summed E-state index contributed by atoms with van der Waals surface area (Å²) in [6.07, 6.45) is 5.27. The summed E-state index contributed by atoms with van der Waals surface area (Å²) in [5, 5.41) is 2.42. The summed E-state index contributed by atoms with van der Waals surface area (Å²) in [4.78, 5) is 39.1. The molecule has 0 radical (unpaired) electrons. The second-order valence-corrected chi connectivity index (χ2v) is 10.9. The molecule has 2 saturated heterocycles. The van der Waals surface area contributed by atoms with Crippen LogP contribution >= 0.6 is 0 Å². The van der Waals surface area contributed by atoms with E-state index < -0.39 is 0 Å². The number of benzene rings is 2. The van der Waals surface area contributed by atoms with Crippen molar-refractivity contribution in [2.75, 3.05) is 19.7 Å². The SMILES string of the molecule is CCCOC1CN(Cc2ccc(COc3cccc4c3CCC(CCC3CCC(=O)NC3=O)C4=O)cc2)C1. The molecular formula is C31H38N2O5. The normalized spacial score (nSPS) is 22.1. The van der Waals surface area contributed by atoms with Crippen molar-refractivity contribution in [2.24, 2.45) is 11.8 Å². The number of nitrogens with zero attached hydrogens (tertiary/aromatic N) is 1. The van der Waals surface area contributed by atoms with E-state index in [0.717, 1.165) is 67.9 Å². The number of nitrogens with one attached hydrogen (secondary N) is 1. The van der Waals surface area contributed by atoms with E-state index >= 15 is 0 Å². The maximum Gasteiger partial charge on any atom is 0.229 e. The van der Waals surface area contributed by atoms with Crippen LogP contribution in [0.4, 0.5) is 0 Å². The van der Waals surface area contributed by atoms with Gasteiger partial charge < -0.3 is 9.47 Å². The first-order chi connectivity index (χ1) is 18.5. The van der Waals surface area contributed by atoms with Gasteiger partial charge in [0.05, 0.1) is 6.10 Å². The Hall–Kier alpha value is -3.03. The lowest BCUT2D eigenvalue weighted by Crippen LogP contribution is -2.51. The molecule has 202 valence electrons. The molecule has 1 aliphatic carbocycles. The molecule has 2 atom stereocenters. The topological polar surface area (TPSA) is 84.9 Å². The lowest BCUT2D eigenvalue weighted by atomic mass is 9.78. The zero-order valence-electron chi connectivity index (χ0n) is 22.2. The zero-order chi connectivity index (χ0) is 26.5. The van der Waals surface area contributed by atoms with Gasteiger partial charge in [-0.2, -0.15) is 0 Å². The first kappa shape index (κ1) is 26.6. The highest BCUT2D eigenvalue weighted by molar-refractivity contribution is 6.01. The van der Waals surface area contributed by atoms with Crippen molar-refractivity contribution in [1.82, 2.24) is 10.2 Å². The number of piperidine rings is 1. The summed E-state index contributed by atoms with van der Waals surface area (Å²) in [5.41, 5.74) is 4.12. The highest BCUT2D eigenvalue weighted by Gasteiger charge is 2.32. The number of Topliss-reactive ketones (excluding diaryl/α,β-unsaturated/α-hetero) is 1. The Balaban J connectivity index is 1.11. The van der Waals surface area contributed by atoms with Crippen molar-refractivity contribution < 1.29 is 23.9 Å². The first-order valence-corrected chi connectivity index (χ1v) is 14.0. The van der Waals surface area contributed by atoms with E-state index in [1.54, 1.807) is 0 Å². The van der Waals surface area contributed by atoms with Crippen molar-refractivity contribution in [3.05, 3.63) is 64.7 Å². The zero-order valence-corrected chi connectivity index (χ0v) is 22.2. The van der Waals surface area contributed by atoms with Crippen LogP contribution in [0, 0.1) is 11.8 Å². The molecule has 3 aliphatic rings. The third kappa shape index (κ3) is 6.33. The van der Waals surface area contributed by atoms with Crippen LogP contribution < -0.4 is 10.1 Å². The van der Waals surface area contributed by atoms with Crippen LogP contribution in [0.2, 0.25) is 0 Å². The molecule has 0 saturated carbocycles. The fraction of sp³-hybridized carbons (Fsp3) is 0.516. The van der Waals surface area contributed by atoms with Gasteiger partial charge in [0.15, 0.2) is 5.78 Å². The standard InChI is InChI=1S/C31H38N2O5/c1-2-16-37-25-18-33(19-25)17-21-6-8-22(9-7-21)20-38-28-5-3-4-27-26(28)14-12-23(30(27)35)10-11-24-13-15-29(34)32-31(24)36/h3-9,23-25H,2,10-20H2,1H3,(H,32,34,36). The van der Waals surface area contributed by atoms with Gasteiger partial charge in [0, 0.05) is 55.6 Å². The van der Waals surface area contributed by atoms with Gasteiger partial charge in [0.25, 0.3) is 0 Å². The van der Waals surface area contributed by atoms with Crippen molar-refractivity contribution in [1.29, 1.82) is 0 Å². The summed E-state index contributed by atoms with van der Waals surface area (Å²) in [6.45, 7) is 6.38. The lowest BCUT2D eigenvalue weighted by Gasteiger charge is -2.39. The van der Waals surface area contributed by atoms with Gasteiger partial charge in [0.2, 0.25) is 11.8 Å². The Morgan fingerprint density at radius 2 is 1.66 bits per heavy atom. The molecule has 0 bridgehead atoms. The van der Waals surface area contributed by atoms with E-state index in [1.807, 2.05) is 18.2 Å². The minimum atomic E-state index is -0.199. The van der Waals surface area contributed by atoms with Gasteiger partial charge in [-0.05, 0) is 55.7 Å². The molecule has 7 nitrogen and oxygen atoms in total. The third-order valence-electron chi connectivity index (χ3n) is 8.03. The van der Waals surface area contributed by atoms with Crippen LogP contribution in [0.15, 0.2) is 42.5 Å². The van der Waals surface area contributed by atoms with Crippen LogP contribution in [0.5, 0.6) is 5.75 Å². The summed E-state index contributed by atoms with van der Waals surface area (Å²) >= 11 is 0. The number of carbonyl (C=O) groups excluding carboxylic acids is 3. The molecule has 0 aromatic heterocycles. The number of carbonyl (C=O) groups is 3. The first-order valence-electron chi connectivity index (χ1n) is 14.0. The van der Waals surface area contributed by atoms with E-state index in [-0.39, 0.29) is 29.4 Å². The summed E-state index contributed by atoms with van der Waals surface area (Å²) < 4.78 is 12.0. The lowest BCUT2D eigenvalue weighted by molar-refractivity contribution is -0.136. The van der Waals surface area contributed by atoms with Gasteiger partial charge in [0.1, 0.15) is 12.4 Å². The largest absolute Gasteiger partial charge is 0.489 e. The van der Waals surface area contributed by atoms with E-state index in [0.29, 0.717) is 38.4 Å². The van der Waals surface area contributed by atoms with Gasteiger partial charge in [-0.15, -0.1) is 0 Å². The van der Waals surface area contributed by atoms with E-state index in [4.69, 9.17) is 9.47 Å². The van der Waals surface area contributed by atoms with Gasteiger partial charge in [-0.3, -0.25) is 24.6 Å². The molecule has 38 heavy (non-hydrogen) atoms. The van der Waals surface area contributed by atoms with E-state index in [9.17, 15) is 14.4 Å². The van der Waals surface area contributed by atoms with Crippen molar-refractivity contribution >= 4 is 17.6 Å². The van der Waals surface area contributed by atoms with Gasteiger partial charge in [-0.25, -0.2) is 0 Å². The number of hydrogen-bond acceptors (Lipinski definition) is 6. The Morgan fingerprint density at radius 1 is 0.921 bits per heavy atom. The minimum absolute atomic E-state index is 0.0874. The number of rotatable bonds is 11. The number of imide groups is 1. The molecule has 2 aliphatic heterocycles. The van der Waals surface area contributed by atoms with Gasteiger partial charge >= 0.3 is 0 Å². The Labute approximate surface area is 224 Å². The number of hydrogen-bond donors (Lipinski definition) is 1. The molecular weight excluding hydrogens is 480 g/mol. The molecule has 2 aromatic rings. The van der Waals surface area contributed by atoms with Crippen LogP contribution in [0.3, 0.4) is 0 Å². The van der Waals surface area contributed by atoms with Crippen LogP contribution in [-0.4, -0.2) is 48.3 Å². The molecule has 2 amide bonds. The summed E-state index contributed by atoms with van der Waals surface area (Å²) in [5.74, 6) is 0.264. The number of likely N-dealkylation sites (tertiary alicyclic amines) is 1. The highest BCUT2D eigenvalue weighted by atomic mass is 16.5. The number of fused-ring (bicyclic) bond motifs is 1. The summed E-state index contributed by atoms with van der Waals surface area (Å²) in [6, 6.07) is 14.3. The quantitative estimate of drug-likeness (QED) is 0.443. The third-order valence-corrected chi connectivity index (χ3v) is 8.03. The van der Waals surface area contributed by atoms with E-state index in [1.165, 1.54) is 5.56 Å². The number of amides is 2. The van der Waals surface area contributed by atoms with Crippen LogP contribution in [0.25, 0.3) is 0 Å². The molecule has 5 rings (SSSR count). The monoisotopic (exact) mass is 518 g/mol. The number of ether oxygens (including phenoxy) is 2. The highest BCUT2D eigenvalue weighted by Crippen LogP contribution is 2.35. The molecule has 1 N–H and O–H groups in total.